The van der Waals surface area contributed by atoms with Crippen LogP contribution in [-0.4, -0.2) is 34.0 Å². The third-order valence-electron chi connectivity index (χ3n) is 2.55. The first-order chi connectivity index (χ1) is 8.63. The molecule has 0 saturated heterocycles. The van der Waals surface area contributed by atoms with E-state index in [4.69, 9.17) is 0 Å². The number of benzene rings is 1. The molecule has 1 aromatic carbocycles. The van der Waals surface area contributed by atoms with E-state index in [0.29, 0.717) is 6.54 Å². The van der Waals surface area contributed by atoms with Gasteiger partial charge in [-0.15, -0.1) is 5.10 Å². The van der Waals surface area contributed by atoms with Gasteiger partial charge in [-0.05, 0) is 31.8 Å². The minimum atomic E-state index is 0.694. The molecule has 2 rings (SSSR count). The predicted molar refractivity (Wildman–Crippen MR) is 72.2 cm³/mol. The normalized spacial score (nSPS) is 10.9. The molecule has 1 aromatic heterocycles. The summed E-state index contributed by atoms with van der Waals surface area (Å²) in [5.41, 5.74) is 3.35. The molecule has 0 fully saturated rings. The van der Waals surface area contributed by atoms with E-state index in [1.807, 2.05) is 13.2 Å². The van der Waals surface area contributed by atoms with Crippen LogP contribution in [0.3, 0.4) is 0 Å². The number of rotatable bonds is 5. The van der Waals surface area contributed by atoms with Crippen molar-refractivity contribution >= 4 is 5.69 Å². The Balaban J connectivity index is 1.96. The minimum Gasteiger partial charge on any atom is -0.379 e. The molecule has 5 nitrogen and oxygen atoms in total. The fourth-order valence-corrected chi connectivity index (χ4v) is 1.81. The molecule has 0 aliphatic heterocycles. The van der Waals surface area contributed by atoms with Crippen LogP contribution in [-0.2, 0) is 20.1 Å². The van der Waals surface area contributed by atoms with Crippen molar-refractivity contribution < 1.29 is 0 Å². The van der Waals surface area contributed by atoms with Gasteiger partial charge >= 0.3 is 0 Å². The quantitative estimate of drug-likeness (QED) is 0.867. The highest BCUT2D eigenvalue weighted by Gasteiger charge is 2.00. The Morgan fingerprint density at radius 3 is 2.83 bits per heavy atom. The van der Waals surface area contributed by atoms with E-state index < -0.39 is 0 Å². The third-order valence-corrected chi connectivity index (χ3v) is 2.55. The molecule has 0 spiro atoms. The van der Waals surface area contributed by atoms with Gasteiger partial charge in [0.25, 0.3) is 0 Å². The Morgan fingerprint density at radius 2 is 2.17 bits per heavy atom. The van der Waals surface area contributed by atoms with Gasteiger partial charge in [-0.3, -0.25) is 4.68 Å². The lowest BCUT2D eigenvalue weighted by Crippen LogP contribution is -2.10. The Labute approximate surface area is 107 Å². The van der Waals surface area contributed by atoms with Crippen LogP contribution in [0.2, 0.25) is 0 Å². The maximum absolute atomic E-state index is 4.04. The van der Waals surface area contributed by atoms with Gasteiger partial charge in [0.1, 0.15) is 5.69 Å². The van der Waals surface area contributed by atoms with Gasteiger partial charge in [0.15, 0.2) is 0 Å². The molecule has 1 N–H and O–H groups in total. The molecule has 2 aromatic rings. The first-order valence-electron chi connectivity index (χ1n) is 5.96. The van der Waals surface area contributed by atoms with E-state index in [1.54, 1.807) is 4.68 Å². The zero-order valence-corrected chi connectivity index (χ0v) is 11.1. The van der Waals surface area contributed by atoms with Crippen molar-refractivity contribution in [2.75, 3.05) is 19.4 Å². The summed E-state index contributed by atoms with van der Waals surface area (Å²) < 4.78 is 1.71. The van der Waals surface area contributed by atoms with Crippen LogP contribution in [0, 0.1) is 0 Å². The molecule has 0 bridgehead atoms. The molecule has 0 aliphatic rings. The first kappa shape index (κ1) is 12.6. The molecule has 0 saturated carbocycles. The van der Waals surface area contributed by atoms with Crippen molar-refractivity contribution in [1.82, 2.24) is 19.9 Å². The molecule has 0 atom stereocenters. The van der Waals surface area contributed by atoms with E-state index in [0.717, 1.165) is 17.9 Å². The van der Waals surface area contributed by atoms with Gasteiger partial charge in [0.2, 0.25) is 0 Å². The highest BCUT2D eigenvalue weighted by molar-refractivity contribution is 5.45. The summed E-state index contributed by atoms with van der Waals surface area (Å²) in [6.07, 6.45) is 1.91. The average molecular weight is 245 g/mol. The summed E-state index contributed by atoms with van der Waals surface area (Å²) >= 11 is 0. The van der Waals surface area contributed by atoms with Gasteiger partial charge in [-0.25, -0.2) is 0 Å². The zero-order valence-electron chi connectivity index (χ0n) is 11.1. The monoisotopic (exact) mass is 245 g/mol. The van der Waals surface area contributed by atoms with E-state index in [1.165, 1.54) is 5.56 Å². The van der Waals surface area contributed by atoms with Gasteiger partial charge in [-0.1, -0.05) is 17.3 Å². The van der Waals surface area contributed by atoms with Crippen molar-refractivity contribution in [1.29, 1.82) is 0 Å². The molecule has 0 amide bonds. The summed E-state index contributed by atoms with van der Waals surface area (Å²) in [4.78, 5) is 2.15. The molecule has 0 aliphatic carbocycles. The SMILES string of the molecule is CN(C)Cc1cccc(NCc2cn(C)nn2)c1. The lowest BCUT2D eigenvalue weighted by molar-refractivity contribution is 0.402. The molecule has 0 unspecified atom stereocenters. The second kappa shape index (κ2) is 5.64. The standard InChI is InChI=1S/C13H19N5/c1-17(2)9-11-5-4-6-12(7-11)14-8-13-10-18(3)16-15-13/h4-7,10,14H,8-9H2,1-3H3. The zero-order chi connectivity index (χ0) is 13.0. The van der Waals surface area contributed by atoms with Crippen molar-refractivity contribution in [3.8, 4) is 0 Å². The molecule has 1 heterocycles. The van der Waals surface area contributed by atoms with Gasteiger partial charge in [0.05, 0.1) is 6.54 Å². The number of hydrogen-bond donors (Lipinski definition) is 1. The van der Waals surface area contributed by atoms with Gasteiger partial charge < -0.3 is 10.2 Å². The second-order valence-corrected chi connectivity index (χ2v) is 4.68. The Morgan fingerprint density at radius 1 is 1.33 bits per heavy atom. The van der Waals surface area contributed by atoms with Crippen LogP contribution in [0.25, 0.3) is 0 Å². The summed E-state index contributed by atoms with van der Waals surface area (Å²) in [5.74, 6) is 0. The van der Waals surface area contributed by atoms with Crippen LogP contribution >= 0.6 is 0 Å². The maximum atomic E-state index is 4.04. The summed E-state index contributed by atoms with van der Waals surface area (Å²) in [6.45, 7) is 1.64. The molecular weight excluding hydrogens is 226 g/mol. The van der Waals surface area contributed by atoms with Crippen LogP contribution in [0.15, 0.2) is 30.5 Å². The molecule has 96 valence electrons. The number of aromatic nitrogens is 3. The van der Waals surface area contributed by atoms with Crippen molar-refractivity contribution in [3.05, 3.63) is 41.7 Å². The van der Waals surface area contributed by atoms with Gasteiger partial charge in [0, 0.05) is 25.5 Å². The highest BCUT2D eigenvalue weighted by Crippen LogP contribution is 2.12. The Hall–Kier alpha value is -1.88. The average Bonchev–Trinajstić information content (AvgIpc) is 2.72. The van der Waals surface area contributed by atoms with Crippen LogP contribution in [0.1, 0.15) is 11.3 Å². The molecule has 18 heavy (non-hydrogen) atoms. The number of nitrogens with one attached hydrogen (secondary N) is 1. The van der Waals surface area contributed by atoms with E-state index in [9.17, 15) is 0 Å². The Kier molecular flexibility index (Phi) is 3.94. The lowest BCUT2D eigenvalue weighted by Gasteiger charge is -2.11. The van der Waals surface area contributed by atoms with E-state index in [2.05, 4.69) is 58.9 Å². The first-order valence-corrected chi connectivity index (χ1v) is 5.96. The van der Waals surface area contributed by atoms with Crippen molar-refractivity contribution in [2.45, 2.75) is 13.1 Å². The Bertz CT molecular complexity index is 504. The number of nitrogens with zero attached hydrogens (tertiary/aromatic N) is 4. The maximum Gasteiger partial charge on any atom is 0.102 e. The second-order valence-electron chi connectivity index (χ2n) is 4.68. The smallest absolute Gasteiger partial charge is 0.102 e. The summed E-state index contributed by atoms with van der Waals surface area (Å²) in [6, 6.07) is 8.43. The number of aryl methyl sites for hydroxylation is 1. The number of anilines is 1. The van der Waals surface area contributed by atoms with Crippen molar-refractivity contribution in [3.63, 3.8) is 0 Å². The third kappa shape index (κ3) is 3.56. The van der Waals surface area contributed by atoms with E-state index in [-0.39, 0.29) is 0 Å². The van der Waals surface area contributed by atoms with Crippen molar-refractivity contribution in [2.24, 2.45) is 7.05 Å². The highest BCUT2D eigenvalue weighted by atomic mass is 15.4. The van der Waals surface area contributed by atoms with Crippen LogP contribution in [0.4, 0.5) is 5.69 Å². The van der Waals surface area contributed by atoms with Crippen LogP contribution < -0.4 is 5.32 Å². The fraction of sp³-hybridized carbons (Fsp3) is 0.385. The van der Waals surface area contributed by atoms with Crippen LogP contribution in [0.5, 0.6) is 0 Å². The molecular formula is C13H19N5. The molecule has 5 heteroatoms. The number of hydrogen-bond acceptors (Lipinski definition) is 4. The predicted octanol–water partition coefficient (Wildman–Crippen LogP) is 1.49. The summed E-state index contributed by atoms with van der Waals surface area (Å²) in [5, 5.41) is 11.3. The van der Waals surface area contributed by atoms with E-state index >= 15 is 0 Å². The largest absolute Gasteiger partial charge is 0.379 e. The minimum absolute atomic E-state index is 0.694. The topological polar surface area (TPSA) is 46.0 Å². The fourth-order valence-electron chi connectivity index (χ4n) is 1.81. The molecule has 0 radical (unpaired) electrons. The lowest BCUT2D eigenvalue weighted by atomic mass is 10.2. The summed E-state index contributed by atoms with van der Waals surface area (Å²) in [7, 11) is 6.01. The van der Waals surface area contributed by atoms with Gasteiger partial charge in [-0.2, -0.15) is 0 Å².